The fourth-order valence-corrected chi connectivity index (χ4v) is 1.17. The van der Waals surface area contributed by atoms with Crippen molar-refractivity contribution in [3.63, 3.8) is 0 Å². The molecule has 0 aliphatic rings. The van der Waals surface area contributed by atoms with E-state index >= 15 is 0 Å². The first-order valence-corrected chi connectivity index (χ1v) is 6.45. The summed E-state index contributed by atoms with van der Waals surface area (Å²) in [6.07, 6.45) is -5.84. The highest BCUT2D eigenvalue weighted by Gasteiger charge is 2.32. The molecule has 0 amide bonds. The van der Waals surface area contributed by atoms with Gasteiger partial charge in [0.1, 0.15) is 18.3 Å². The second-order valence-electron chi connectivity index (χ2n) is 3.93. The lowest BCUT2D eigenvalue weighted by Crippen LogP contribution is -2.48. The molecule has 0 aliphatic heterocycles. The molecule has 0 aliphatic carbocycles. The molecule has 0 spiro atoms. The maximum Gasteiger partial charge on any atom is 0.339 e. The van der Waals surface area contributed by atoms with Crippen molar-refractivity contribution in [3.05, 3.63) is 0 Å². The summed E-state index contributed by atoms with van der Waals surface area (Å²) < 4.78 is 4.90. The lowest BCUT2D eigenvalue weighted by atomic mass is 10.0. The summed E-state index contributed by atoms with van der Waals surface area (Å²) >= 11 is 4.67. The minimum absolute atomic E-state index is 0.251. The summed E-state index contributed by atoms with van der Waals surface area (Å²) in [4.78, 5) is 12.5. The van der Waals surface area contributed by atoms with Gasteiger partial charge >= 0.3 is 5.97 Å². The number of aliphatic hydroxyl groups excluding tert-OH is 5. The minimum Gasteiger partial charge on any atom is -0.484 e. The van der Waals surface area contributed by atoms with Crippen LogP contribution in [0, 0.1) is 0 Å². The Kier molecular flexibility index (Phi) is 13.7. The second-order valence-corrected chi connectivity index (χ2v) is 4.33. The van der Waals surface area contributed by atoms with E-state index in [1.807, 2.05) is 6.92 Å². The largest absolute Gasteiger partial charge is 0.484 e. The zero-order valence-corrected chi connectivity index (χ0v) is 12.6. The zero-order valence-electron chi connectivity index (χ0n) is 11.7. The molecule has 0 saturated carbocycles. The summed E-state index contributed by atoms with van der Waals surface area (Å²) in [5.74, 6) is -0.690. The van der Waals surface area contributed by atoms with Crippen LogP contribution in [0.25, 0.3) is 0 Å². The van der Waals surface area contributed by atoms with E-state index in [1.54, 1.807) is 0 Å². The van der Waals surface area contributed by atoms with Gasteiger partial charge in [-0.1, -0.05) is 6.92 Å². The third-order valence-electron chi connectivity index (χ3n) is 2.07. The summed E-state index contributed by atoms with van der Waals surface area (Å²) in [7, 11) is 0. The molecule has 0 radical (unpaired) electrons. The molecule has 126 valence electrons. The summed E-state index contributed by atoms with van der Waals surface area (Å²) in [5, 5.41) is 52.8. The van der Waals surface area contributed by atoms with Gasteiger partial charge < -0.3 is 35.2 Å². The summed E-state index contributed by atoms with van der Waals surface area (Å²) in [5.41, 5.74) is 0. The monoisotopic (exact) mass is 330 g/mol. The molecular weight excluding hydrogens is 308 g/mol. The van der Waals surface area contributed by atoms with E-state index in [0.29, 0.717) is 13.0 Å². The van der Waals surface area contributed by atoms with E-state index in [1.165, 1.54) is 0 Å². The lowest BCUT2D eigenvalue weighted by molar-refractivity contribution is -0.231. The predicted octanol–water partition coefficient (Wildman–Crippen LogP) is -1.80. The molecule has 0 rings (SSSR count). The van der Waals surface area contributed by atoms with Crippen molar-refractivity contribution in [3.8, 4) is 0 Å². The first-order chi connectivity index (χ1) is 9.72. The van der Waals surface area contributed by atoms with E-state index in [2.05, 4.69) is 17.1 Å². The molecule has 0 aromatic heterocycles. The van der Waals surface area contributed by atoms with Crippen molar-refractivity contribution < 1.29 is 45.2 Å². The Labute approximate surface area is 127 Å². The van der Waals surface area contributed by atoms with E-state index in [0.717, 1.165) is 6.92 Å². The second kappa shape index (κ2) is 12.8. The molecule has 0 aromatic rings. The number of aliphatic hydroxyl groups is 5. The zero-order chi connectivity index (χ0) is 17.0. The Morgan fingerprint density at radius 1 is 1.19 bits per heavy atom. The van der Waals surface area contributed by atoms with Crippen LogP contribution in [0.5, 0.6) is 0 Å². The smallest absolute Gasteiger partial charge is 0.339 e. The fraction of sp³-hybridized carbons (Fsp3) is 0.818. The maximum absolute atomic E-state index is 9.46. The van der Waals surface area contributed by atoms with Gasteiger partial charge in [-0.2, -0.15) is 5.26 Å². The van der Waals surface area contributed by atoms with E-state index in [9.17, 15) is 20.1 Å². The highest BCUT2D eigenvalue weighted by Crippen LogP contribution is 2.07. The van der Waals surface area contributed by atoms with Gasteiger partial charge in [0.05, 0.1) is 13.2 Å². The maximum atomic E-state index is 9.46. The van der Waals surface area contributed by atoms with Gasteiger partial charge in [0.25, 0.3) is 0 Å². The van der Waals surface area contributed by atoms with Gasteiger partial charge in [-0.15, -0.1) is 0 Å². The van der Waals surface area contributed by atoms with Crippen molar-refractivity contribution in [1.29, 1.82) is 0 Å². The highest BCUT2D eigenvalue weighted by molar-refractivity contribution is 7.80. The third kappa shape index (κ3) is 10.5. The molecule has 10 heteroatoms. The number of hydrogen-bond donors (Lipinski definition) is 6. The number of ether oxygens (including phenoxy) is 1. The van der Waals surface area contributed by atoms with E-state index in [-0.39, 0.29) is 5.05 Å². The molecule has 0 aromatic carbocycles. The van der Waals surface area contributed by atoms with Crippen molar-refractivity contribution in [1.82, 2.24) is 0 Å². The average molecular weight is 330 g/mol. The Hall–Kier alpha value is -0.880. The minimum atomic E-state index is -1.70. The Morgan fingerprint density at radius 3 is 2.00 bits per heavy atom. The molecule has 9 nitrogen and oxygen atoms in total. The molecule has 0 heterocycles. The fourth-order valence-electron chi connectivity index (χ4n) is 0.950. The Bertz CT molecular complexity index is 299. The van der Waals surface area contributed by atoms with Gasteiger partial charge in [-0.25, -0.2) is 4.79 Å². The van der Waals surface area contributed by atoms with Crippen LogP contribution in [0.3, 0.4) is 0 Å². The normalized spacial score (nSPS) is 15.8. The van der Waals surface area contributed by atoms with Crippen molar-refractivity contribution in [2.75, 3.05) is 13.2 Å². The standard InChI is InChI=1S/C9H18O6S.C2H4O3/c1-2-3-15-9(16)8(14)7(13)6(12)5(11)4-10;1-2(3)5-4/h5-8,10-14H,2-4H2,1H3;4H,1H3/t5-,6-,7+,8-;/m1./s1. The molecule has 0 bridgehead atoms. The first kappa shape index (κ1) is 22.4. The predicted molar refractivity (Wildman–Crippen MR) is 74.3 cm³/mol. The van der Waals surface area contributed by atoms with Crippen LogP contribution in [0.2, 0.25) is 0 Å². The van der Waals surface area contributed by atoms with Crippen LogP contribution in [-0.2, 0) is 14.4 Å². The quantitative estimate of drug-likeness (QED) is 0.179. The molecule has 4 atom stereocenters. The van der Waals surface area contributed by atoms with Crippen molar-refractivity contribution >= 4 is 23.2 Å². The van der Waals surface area contributed by atoms with Gasteiger partial charge in [-0.3, -0.25) is 0 Å². The molecule has 0 fully saturated rings. The summed E-state index contributed by atoms with van der Waals surface area (Å²) in [6.45, 7) is 2.52. The van der Waals surface area contributed by atoms with Crippen LogP contribution in [0.4, 0.5) is 0 Å². The summed E-state index contributed by atoms with van der Waals surface area (Å²) in [6, 6.07) is 0. The SMILES string of the molecule is CC(=O)OO.CCCOC(=S)[C@H](O)[C@@H](O)[C@H](O)[C@H](O)CO. The van der Waals surface area contributed by atoms with Crippen LogP contribution in [0.1, 0.15) is 20.3 Å². The number of hydrogen-bond acceptors (Lipinski definition) is 10. The van der Waals surface area contributed by atoms with Gasteiger partial charge in [-0.05, 0) is 18.6 Å². The van der Waals surface area contributed by atoms with Crippen LogP contribution in [0.15, 0.2) is 0 Å². The molecule has 0 unspecified atom stereocenters. The lowest BCUT2D eigenvalue weighted by Gasteiger charge is -2.25. The first-order valence-electron chi connectivity index (χ1n) is 6.04. The molecule has 0 saturated heterocycles. The Balaban J connectivity index is 0. The number of thiocarbonyl (C=S) groups is 1. The highest BCUT2D eigenvalue weighted by atomic mass is 32.1. The molecular formula is C11H22O9S. The number of carbonyl (C=O) groups is 1. The van der Waals surface area contributed by atoms with E-state index in [4.69, 9.17) is 20.2 Å². The van der Waals surface area contributed by atoms with Crippen LogP contribution >= 0.6 is 12.2 Å². The Morgan fingerprint density at radius 2 is 1.67 bits per heavy atom. The molecule has 6 N–H and O–H groups in total. The van der Waals surface area contributed by atoms with Crippen molar-refractivity contribution in [2.24, 2.45) is 0 Å². The third-order valence-corrected chi connectivity index (χ3v) is 2.43. The number of rotatable bonds is 7. The van der Waals surface area contributed by atoms with E-state index < -0.39 is 37.0 Å². The van der Waals surface area contributed by atoms with Gasteiger partial charge in [0, 0.05) is 6.92 Å². The van der Waals surface area contributed by atoms with Crippen molar-refractivity contribution in [2.45, 2.75) is 44.7 Å². The topological polar surface area (TPSA) is 157 Å². The van der Waals surface area contributed by atoms with Crippen LogP contribution < -0.4 is 0 Å². The molecule has 21 heavy (non-hydrogen) atoms. The average Bonchev–Trinajstić information content (AvgIpc) is 2.49. The van der Waals surface area contributed by atoms with Gasteiger partial charge in [0.2, 0.25) is 0 Å². The van der Waals surface area contributed by atoms with Gasteiger partial charge in [0.15, 0.2) is 11.2 Å². The van der Waals surface area contributed by atoms with Crippen LogP contribution in [-0.4, -0.2) is 79.4 Å². The number of carbonyl (C=O) groups excluding carboxylic acids is 1.